The molecule has 0 radical (unpaired) electrons. The second-order valence-corrected chi connectivity index (χ2v) is 4.04. The van der Waals surface area contributed by atoms with Crippen LogP contribution < -0.4 is 0 Å². The highest BCUT2D eigenvalue weighted by atomic mass is 19.4. The van der Waals surface area contributed by atoms with Gasteiger partial charge in [0.15, 0.2) is 0 Å². The average Bonchev–Trinajstić information content (AvgIpc) is 2.40. The summed E-state index contributed by atoms with van der Waals surface area (Å²) >= 11 is 0. The first-order valence-corrected chi connectivity index (χ1v) is 4.80. The van der Waals surface area contributed by atoms with E-state index in [0.29, 0.717) is 4.57 Å². The lowest BCUT2D eigenvalue weighted by molar-refractivity contribution is -0.144. The molecule has 0 unspecified atom stereocenters. The van der Waals surface area contributed by atoms with Gasteiger partial charge in [-0.05, 0) is 12.0 Å². The zero-order valence-electron chi connectivity index (χ0n) is 9.37. The number of hydrogen-bond acceptors (Lipinski definition) is 0. The van der Waals surface area contributed by atoms with E-state index in [4.69, 9.17) is 0 Å². The van der Waals surface area contributed by atoms with Crippen LogP contribution >= 0.6 is 0 Å². The third-order valence-corrected chi connectivity index (χ3v) is 2.42. The molecule has 1 heterocycles. The summed E-state index contributed by atoms with van der Waals surface area (Å²) in [6.07, 6.45) is -9.57. The molecule has 1 aromatic heterocycles. The molecular formula is C10H11F6N. The van der Waals surface area contributed by atoms with Gasteiger partial charge in [-0.15, -0.1) is 0 Å². The SMILES string of the molecule is CC(C)c1c(C(F)(F)F)cc(C(F)(F)F)n1C. The zero-order valence-corrected chi connectivity index (χ0v) is 9.37. The van der Waals surface area contributed by atoms with Gasteiger partial charge < -0.3 is 4.57 Å². The van der Waals surface area contributed by atoms with E-state index >= 15 is 0 Å². The van der Waals surface area contributed by atoms with Gasteiger partial charge in [0, 0.05) is 12.7 Å². The van der Waals surface area contributed by atoms with Gasteiger partial charge in [-0.2, -0.15) is 26.3 Å². The number of nitrogens with zero attached hydrogens (tertiary/aromatic N) is 1. The lowest BCUT2D eigenvalue weighted by Gasteiger charge is -2.14. The monoisotopic (exact) mass is 259 g/mol. The largest absolute Gasteiger partial charge is 0.431 e. The summed E-state index contributed by atoms with van der Waals surface area (Å²) in [5.74, 6) is -0.646. The molecule has 0 bridgehead atoms. The second kappa shape index (κ2) is 3.96. The van der Waals surface area contributed by atoms with Crippen LogP contribution in [-0.4, -0.2) is 4.57 Å². The van der Waals surface area contributed by atoms with Gasteiger partial charge >= 0.3 is 12.4 Å². The van der Waals surface area contributed by atoms with E-state index in [1.165, 1.54) is 13.8 Å². The standard InChI is InChI=1S/C10H11F6N/c1-5(2)8-6(9(11,12)13)4-7(17(8)3)10(14,15)16/h4-5H,1-3H3. The van der Waals surface area contributed by atoms with Crippen molar-refractivity contribution in [1.82, 2.24) is 4.57 Å². The Labute approximate surface area is 94.0 Å². The Morgan fingerprint density at radius 1 is 1.00 bits per heavy atom. The van der Waals surface area contributed by atoms with Crippen molar-refractivity contribution < 1.29 is 26.3 Å². The molecule has 0 saturated heterocycles. The van der Waals surface area contributed by atoms with Gasteiger partial charge in [-0.1, -0.05) is 13.8 Å². The molecule has 0 aliphatic rings. The van der Waals surface area contributed by atoms with Crippen LogP contribution in [0, 0.1) is 0 Å². The fraction of sp³-hybridized carbons (Fsp3) is 0.600. The second-order valence-electron chi connectivity index (χ2n) is 4.04. The van der Waals surface area contributed by atoms with Crippen molar-refractivity contribution >= 4 is 0 Å². The summed E-state index contributed by atoms with van der Waals surface area (Å²) in [6.45, 7) is 2.84. The van der Waals surface area contributed by atoms with Crippen molar-refractivity contribution in [3.63, 3.8) is 0 Å². The van der Waals surface area contributed by atoms with E-state index in [1.807, 2.05) is 0 Å². The predicted molar refractivity (Wildman–Crippen MR) is 49.5 cm³/mol. The lowest BCUT2D eigenvalue weighted by Crippen LogP contribution is -2.13. The fourth-order valence-corrected chi connectivity index (χ4v) is 1.82. The number of rotatable bonds is 1. The van der Waals surface area contributed by atoms with Gasteiger partial charge in [-0.25, -0.2) is 0 Å². The molecule has 1 nitrogen and oxygen atoms in total. The first kappa shape index (κ1) is 13.9. The van der Waals surface area contributed by atoms with Gasteiger partial charge in [0.25, 0.3) is 0 Å². The van der Waals surface area contributed by atoms with E-state index in [1.54, 1.807) is 0 Å². The minimum atomic E-state index is -4.79. The zero-order chi connectivity index (χ0) is 13.6. The van der Waals surface area contributed by atoms with Crippen molar-refractivity contribution in [2.24, 2.45) is 7.05 Å². The summed E-state index contributed by atoms with van der Waals surface area (Å²) in [5, 5.41) is 0. The van der Waals surface area contributed by atoms with Gasteiger partial charge in [0.1, 0.15) is 5.69 Å². The Morgan fingerprint density at radius 3 is 1.71 bits per heavy atom. The molecule has 0 aliphatic carbocycles. The number of hydrogen-bond donors (Lipinski definition) is 0. The molecule has 1 aromatic rings. The van der Waals surface area contributed by atoms with Crippen molar-refractivity contribution in [1.29, 1.82) is 0 Å². The van der Waals surface area contributed by atoms with Crippen LogP contribution in [0.25, 0.3) is 0 Å². The van der Waals surface area contributed by atoms with Gasteiger partial charge in [0.05, 0.1) is 5.56 Å². The van der Waals surface area contributed by atoms with Crippen LogP contribution in [0.2, 0.25) is 0 Å². The Kier molecular flexibility index (Phi) is 3.24. The molecule has 0 saturated carbocycles. The summed E-state index contributed by atoms with van der Waals surface area (Å²) in [7, 11) is 0.993. The molecule has 0 atom stereocenters. The Morgan fingerprint density at radius 2 is 1.47 bits per heavy atom. The van der Waals surface area contributed by atoms with Crippen LogP contribution in [0.1, 0.15) is 36.7 Å². The molecular weight excluding hydrogens is 248 g/mol. The van der Waals surface area contributed by atoms with Crippen LogP contribution in [0.4, 0.5) is 26.3 Å². The minimum absolute atomic E-state index is 0.162. The van der Waals surface area contributed by atoms with Crippen molar-refractivity contribution in [3.05, 3.63) is 23.0 Å². The Hall–Kier alpha value is -1.14. The van der Waals surface area contributed by atoms with E-state index in [2.05, 4.69) is 0 Å². The van der Waals surface area contributed by atoms with Crippen LogP contribution in [0.3, 0.4) is 0 Å². The first-order chi connectivity index (χ1) is 7.46. The maximum absolute atomic E-state index is 12.6. The molecule has 0 aliphatic heterocycles. The molecule has 1 rings (SSSR count). The summed E-state index contributed by atoms with van der Waals surface area (Å²) in [5.41, 5.74) is -2.86. The van der Waals surface area contributed by atoms with Crippen LogP contribution in [0.5, 0.6) is 0 Å². The highest BCUT2D eigenvalue weighted by molar-refractivity contribution is 5.34. The summed E-state index contributed by atoms with van der Waals surface area (Å²) < 4.78 is 75.9. The maximum atomic E-state index is 12.6. The van der Waals surface area contributed by atoms with Gasteiger partial charge in [0.2, 0.25) is 0 Å². The molecule has 0 fully saturated rings. The van der Waals surface area contributed by atoms with Crippen molar-refractivity contribution in [2.75, 3.05) is 0 Å². The van der Waals surface area contributed by atoms with Crippen LogP contribution in [-0.2, 0) is 19.4 Å². The number of halogens is 6. The third-order valence-electron chi connectivity index (χ3n) is 2.42. The minimum Gasteiger partial charge on any atom is -0.343 e. The predicted octanol–water partition coefficient (Wildman–Crippen LogP) is 4.19. The Balaban J connectivity index is 3.52. The van der Waals surface area contributed by atoms with Gasteiger partial charge in [-0.3, -0.25) is 0 Å². The first-order valence-electron chi connectivity index (χ1n) is 4.80. The topological polar surface area (TPSA) is 4.93 Å². The molecule has 17 heavy (non-hydrogen) atoms. The van der Waals surface area contributed by atoms with E-state index in [9.17, 15) is 26.3 Å². The normalized spacial score (nSPS) is 13.5. The lowest BCUT2D eigenvalue weighted by atomic mass is 10.1. The van der Waals surface area contributed by atoms with Crippen LogP contribution in [0.15, 0.2) is 6.07 Å². The molecule has 0 amide bonds. The highest BCUT2D eigenvalue weighted by Gasteiger charge is 2.42. The maximum Gasteiger partial charge on any atom is 0.431 e. The van der Waals surface area contributed by atoms with E-state index in [-0.39, 0.29) is 11.8 Å². The molecule has 0 aromatic carbocycles. The quantitative estimate of drug-likeness (QED) is 0.666. The Bertz CT molecular complexity index is 410. The highest BCUT2D eigenvalue weighted by Crippen LogP contribution is 2.41. The van der Waals surface area contributed by atoms with Crippen molar-refractivity contribution in [2.45, 2.75) is 32.1 Å². The molecule has 0 N–H and O–H groups in total. The third kappa shape index (κ3) is 2.58. The van der Waals surface area contributed by atoms with Crippen molar-refractivity contribution in [3.8, 4) is 0 Å². The summed E-state index contributed by atoms with van der Waals surface area (Å²) in [6, 6.07) is 0.162. The summed E-state index contributed by atoms with van der Waals surface area (Å²) in [4.78, 5) is 0. The number of alkyl halides is 6. The average molecular weight is 259 g/mol. The smallest absolute Gasteiger partial charge is 0.343 e. The number of aromatic nitrogens is 1. The van der Waals surface area contributed by atoms with E-state index in [0.717, 1.165) is 7.05 Å². The molecule has 7 heteroatoms. The molecule has 0 spiro atoms. The fourth-order valence-electron chi connectivity index (χ4n) is 1.82. The van der Waals surface area contributed by atoms with E-state index < -0.39 is 29.5 Å². The molecule has 98 valence electrons.